The van der Waals surface area contributed by atoms with Crippen molar-refractivity contribution in [1.29, 1.82) is 0 Å². The molecule has 0 unspecified atom stereocenters. The minimum atomic E-state index is 1.13. The van der Waals surface area contributed by atoms with E-state index in [4.69, 9.17) is 0 Å². The molecule has 1 nitrogen and oxygen atoms in total. The summed E-state index contributed by atoms with van der Waals surface area (Å²) in [5.41, 5.74) is 9.40. The van der Waals surface area contributed by atoms with Crippen LogP contribution in [0.15, 0.2) is 158 Å². The van der Waals surface area contributed by atoms with Gasteiger partial charge in [-0.2, -0.15) is 0 Å². The maximum Gasteiger partial charge on any atom is 0.0534 e. The second-order valence-corrected chi connectivity index (χ2v) is 9.95. The van der Waals surface area contributed by atoms with E-state index in [1.165, 1.54) is 44.2 Å². The standard InChI is InChI=1S/C39H31N/c1-30-14-13-21-35(28-30)40(29-38(32-17-7-3-8-18-32)33-19-9-4-10-20-33)39-27-26-34(36-22-11-12-23-37(36)39)25-24-31-15-5-2-6-16-31/h2-29H,1H3. The molecule has 40 heavy (non-hydrogen) atoms. The van der Waals surface area contributed by atoms with Gasteiger partial charge in [0.2, 0.25) is 0 Å². The molecule has 1 heteroatoms. The number of aryl methyl sites for hydroxylation is 1. The first kappa shape index (κ1) is 25.2. The molecule has 6 rings (SSSR count). The predicted octanol–water partition coefficient (Wildman–Crippen LogP) is 10.5. The molecule has 6 aromatic rings. The van der Waals surface area contributed by atoms with Crippen molar-refractivity contribution in [3.63, 3.8) is 0 Å². The lowest BCUT2D eigenvalue weighted by molar-refractivity contribution is 1.28. The Labute approximate surface area is 237 Å². The van der Waals surface area contributed by atoms with E-state index >= 15 is 0 Å². The van der Waals surface area contributed by atoms with Crippen LogP contribution < -0.4 is 4.90 Å². The molecule has 0 aliphatic heterocycles. The van der Waals surface area contributed by atoms with Gasteiger partial charge in [0.15, 0.2) is 0 Å². The van der Waals surface area contributed by atoms with Gasteiger partial charge in [0.05, 0.1) is 5.69 Å². The van der Waals surface area contributed by atoms with Gasteiger partial charge in [0.1, 0.15) is 0 Å². The molecule has 6 aromatic carbocycles. The smallest absolute Gasteiger partial charge is 0.0534 e. The molecule has 0 aliphatic carbocycles. The summed E-state index contributed by atoms with van der Waals surface area (Å²) in [6.45, 7) is 2.15. The van der Waals surface area contributed by atoms with E-state index in [2.05, 4.69) is 176 Å². The maximum atomic E-state index is 2.34. The molecule has 0 spiro atoms. The van der Waals surface area contributed by atoms with Crippen molar-refractivity contribution < 1.29 is 0 Å². The highest BCUT2D eigenvalue weighted by Crippen LogP contribution is 2.37. The molecule has 0 saturated carbocycles. The number of anilines is 2. The molecule has 0 atom stereocenters. The van der Waals surface area contributed by atoms with Crippen molar-refractivity contribution in [3.05, 3.63) is 186 Å². The zero-order chi connectivity index (χ0) is 27.1. The minimum absolute atomic E-state index is 1.13. The van der Waals surface area contributed by atoms with Crippen LogP contribution in [0, 0.1) is 6.92 Å². The van der Waals surface area contributed by atoms with Crippen LogP contribution in [-0.4, -0.2) is 0 Å². The van der Waals surface area contributed by atoms with Gasteiger partial charge in [-0.3, -0.25) is 0 Å². The molecule has 0 aromatic heterocycles. The van der Waals surface area contributed by atoms with Crippen LogP contribution in [0.3, 0.4) is 0 Å². The van der Waals surface area contributed by atoms with Gasteiger partial charge in [-0.25, -0.2) is 0 Å². The van der Waals surface area contributed by atoms with Gasteiger partial charge in [-0.1, -0.05) is 146 Å². The second-order valence-electron chi connectivity index (χ2n) is 9.95. The van der Waals surface area contributed by atoms with Crippen LogP contribution in [0.2, 0.25) is 0 Å². The Kier molecular flexibility index (Phi) is 7.37. The fraction of sp³-hybridized carbons (Fsp3) is 0.0256. The van der Waals surface area contributed by atoms with Gasteiger partial charge in [0.25, 0.3) is 0 Å². The average molecular weight is 514 g/mol. The van der Waals surface area contributed by atoms with E-state index < -0.39 is 0 Å². The molecule has 0 radical (unpaired) electrons. The van der Waals surface area contributed by atoms with E-state index in [1.54, 1.807) is 0 Å². The summed E-state index contributed by atoms with van der Waals surface area (Å²) in [6, 6.07) is 53.7. The molecule has 0 aliphatic rings. The lowest BCUT2D eigenvalue weighted by atomic mass is 9.97. The molecule has 0 fully saturated rings. The Hall–Kier alpha value is -5.14. The molecule has 192 valence electrons. The van der Waals surface area contributed by atoms with E-state index in [1.807, 2.05) is 6.07 Å². The van der Waals surface area contributed by atoms with E-state index in [9.17, 15) is 0 Å². The number of hydrogen-bond acceptors (Lipinski definition) is 1. The van der Waals surface area contributed by atoms with Gasteiger partial charge in [0, 0.05) is 22.8 Å². The van der Waals surface area contributed by atoms with Crippen molar-refractivity contribution in [1.82, 2.24) is 0 Å². The molecule has 0 heterocycles. The van der Waals surface area contributed by atoms with Crippen LogP contribution in [0.4, 0.5) is 11.4 Å². The number of hydrogen-bond donors (Lipinski definition) is 0. The molecule has 0 amide bonds. The third-order valence-electron chi connectivity index (χ3n) is 7.16. The zero-order valence-corrected chi connectivity index (χ0v) is 22.6. The quantitative estimate of drug-likeness (QED) is 0.192. The Morgan fingerprint density at radius 1 is 0.525 bits per heavy atom. The van der Waals surface area contributed by atoms with Crippen LogP contribution >= 0.6 is 0 Å². The van der Waals surface area contributed by atoms with Gasteiger partial charge in [-0.15, -0.1) is 0 Å². The van der Waals surface area contributed by atoms with E-state index in [0.29, 0.717) is 0 Å². The number of benzene rings is 6. The summed E-state index contributed by atoms with van der Waals surface area (Å²) >= 11 is 0. The van der Waals surface area contributed by atoms with Crippen molar-refractivity contribution in [2.75, 3.05) is 4.90 Å². The second kappa shape index (κ2) is 11.7. The topological polar surface area (TPSA) is 3.24 Å². The van der Waals surface area contributed by atoms with Crippen LogP contribution in [-0.2, 0) is 0 Å². The van der Waals surface area contributed by atoms with E-state index in [0.717, 1.165) is 11.4 Å². The average Bonchev–Trinajstić information content (AvgIpc) is 3.02. The molecule has 0 N–H and O–H groups in total. The number of fused-ring (bicyclic) bond motifs is 1. The fourth-order valence-electron chi connectivity index (χ4n) is 5.15. The van der Waals surface area contributed by atoms with Crippen LogP contribution in [0.25, 0.3) is 28.5 Å². The molecular formula is C39H31N. The van der Waals surface area contributed by atoms with Crippen molar-refractivity contribution in [2.24, 2.45) is 0 Å². The Balaban J connectivity index is 1.56. The molecule has 0 bridgehead atoms. The molecule has 0 saturated heterocycles. The zero-order valence-electron chi connectivity index (χ0n) is 22.6. The first-order valence-electron chi connectivity index (χ1n) is 13.7. The summed E-state index contributed by atoms with van der Waals surface area (Å²) < 4.78 is 0. The van der Waals surface area contributed by atoms with Crippen molar-refractivity contribution >= 4 is 39.9 Å². The Morgan fingerprint density at radius 3 is 1.77 bits per heavy atom. The predicted molar refractivity (Wildman–Crippen MR) is 173 cm³/mol. The monoisotopic (exact) mass is 513 g/mol. The van der Waals surface area contributed by atoms with Crippen molar-refractivity contribution in [2.45, 2.75) is 6.92 Å². The highest BCUT2D eigenvalue weighted by molar-refractivity contribution is 6.03. The third kappa shape index (κ3) is 5.50. The fourth-order valence-corrected chi connectivity index (χ4v) is 5.15. The Morgan fingerprint density at radius 2 is 1.12 bits per heavy atom. The highest BCUT2D eigenvalue weighted by atomic mass is 15.1. The number of rotatable bonds is 7. The lowest BCUT2D eigenvalue weighted by Gasteiger charge is -2.26. The van der Waals surface area contributed by atoms with Gasteiger partial charge >= 0.3 is 0 Å². The lowest BCUT2D eigenvalue weighted by Crippen LogP contribution is -2.11. The molecular weight excluding hydrogens is 482 g/mol. The summed E-state index contributed by atoms with van der Waals surface area (Å²) in [5, 5.41) is 2.43. The van der Waals surface area contributed by atoms with Crippen LogP contribution in [0.1, 0.15) is 27.8 Å². The summed E-state index contributed by atoms with van der Waals surface area (Å²) in [5.74, 6) is 0. The highest BCUT2D eigenvalue weighted by Gasteiger charge is 2.15. The third-order valence-corrected chi connectivity index (χ3v) is 7.16. The normalized spacial score (nSPS) is 11.0. The summed E-state index contributed by atoms with van der Waals surface area (Å²) in [4.78, 5) is 2.34. The van der Waals surface area contributed by atoms with Gasteiger partial charge in [-0.05, 0) is 58.3 Å². The first-order chi connectivity index (χ1) is 19.8. The van der Waals surface area contributed by atoms with E-state index in [-0.39, 0.29) is 0 Å². The minimum Gasteiger partial charge on any atom is -0.316 e. The maximum absolute atomic E-state index is 2.34. The summed E-state index contributed by atoms with van der Waals surface area (Å²) in [6.07, 6.45) is 6.69. The van der Waals surface area contributed by atoms with Crippen LogP contribution in [0.5, 0.6) is 0 Å². The van der Waals surface area contributed by atoms with Gasteiger partial charge < -0.3 is 4.90 Å². The number of nitrogens with zero attached hydrogens (tertiary/aromatic N) is 1. The van der Waals surface area contributed by atoms with Crippen molar-refractivity contribution in [3.8, 4) is 0 Å². The first-order valence-corrected chi connectivity index (χ1v) is 13.7. The summed E-state index contributed by atoms with van der Waals surface area (Å²) in [7, 11) is 0. The largest absolute Gasteiger partial charge is 0.316 e. The SMILES string of the molecule is Cc1cccc(N(C=C(c2ccccc2)c2ccccc2)c2ccc(C=Cc3ccccc3)c3ccccc23)c1. The Bertz CT molecular complexity index is 1740.